The number of benzene rings is 2. The lowest BCUT2D eigenvalue weighted by Crippen LogP contribution is -2.28. The molecule has 10 heteroatoms. The van der Waals surface area contributed by atoms with Crippen LogP contribution in [0.5, 0.6) is 5.75 Å². The molecule has 28 heavy (non-hydrogen) atoms. The zero-order valence-electron chi connectivity index (χ0n) is 15.1. The van der Waals surface area contributed by atoms with E-state index in [0.29, 0.717) is 15.2 Å². The maximum Gasteiger partial charge on any atom is 0.230 e. The van der Waals surface area contributed by atoms with Crippen LogP contribution in [0, 0.1) is 0 Å². The Kier molecular flexibility index (Phi) is 6.77. The fourth-order valence-corrected chi connectivity index (χ4v) is 3.44. The molecule has 1 aromatic heterocycles. The minimum atomic E-state index is -0.208. The molecule has 146 valence electrons. The predicted octanol–water partition coefficient (Wildman–Crippen LogP) is 3.95. The van der Waals surface area contributed by atoms with E-state index in [1.165, 1.54) is 11.8 Å². The fourth-order valence-electron chi connectivity index (χ4n) is 2.43. The summed E-state index contributed by atoms with van der Waals surface area (Å²) in [4.78, 5) is 12.3. The molecule has 0 saturated heterocycles. The number of hydrogen-bond acceptors (Lipinski definition) is 6. The minimum absolute atomic E-state index is 0.146. The maximum absolute atomic E-state index is 12.3. The van der Waals surface area contributed by atoms with Crippen LogP contribution in [0.1, 0.15) is 18.5 Å². The van der Waals surface area contributed by atoms with Gasteiger partial charge in [-0.05, 0) is 59.3 Å². The van der Waals surface area contributed by atoms with Gasteiger partial charge >= 0.3 is 0 Å². The van der Waals surface area contributed by atoms with E-state index in [2.05, 4.69) is 20.8 Å². The summed E-state index contributed by atoms with van der Waals surface area (Å²) in [6.45, 7) is 1.88. The molecule has 0 bridgehead atoms. The number of aromatic nitrogens is 4. The molecule has 1 atom stereocenters. The molecule has 0 radical (unpaired) electrons. The third-order valence-corrected chi connectivity index (χ3v) is 5.57. The summed E-state index contributed by atoms with van der Waals surface area (Å²) in [5, 5.41) is 16.0. The quantitative estimate of drug-likeness (QED) is 0.563. The summed E-state index contributed by atoms with van der Waals surface area (Å²) in [6.07, 6.45) is 0. The van der Waals surface area contributed by atoms with Gasteiger partial charge in [0.05, 0.1) is 34.6 Å². The van der Waals surface area contributed by atoms with Crippen molar-refractivity contribution in [2.45, 2.75) is 18.1 Å². The number of amides is 1. The predicted molar refractivity (Wildman–Crippen MR) is 109 cm³/mol. The van der Waals surface area contributed by atoms with E-state index in [-0.39, 0.29) is 17.7 Å². The van der Waals surface area contributed by atoms with Crippen molar-refractivity contribution in [1.82, 2.24) is 25.5 Å². The molecule has 3 aromatic rings. The lowest BCUT2D eigenvalue weighted by atomic mass is 10.1. The fraction of sp³-hybridized carbons (Fsp3) is 0.222. The molecule has 1 heterocycles. The van der Waals surface area contributed by atoms with Crippen LogP contribution in [0.3, 0.4) is 0 Å². The second kappa shape index (κ2) is 9.27. The lowest BCUT2D eigenvalue weighted by Gasteiger charge is -2.15. The van der Waals surface area contributed by atoms with Gasteiger partial charge in [-0.25, -0.2) is 0 Å². The number of hydrogen-bond donors (Lipinski definition) is 1. The van der Waals surface area contributed by atoms with Crippen molar-refractivity contribution in [2.24, 2.45) is 0 Å². The molecule has 0 aliphatic rings. The highest BCUT2D eigenvalue weighted by Crippen LogP contribution is 2.26. The lowest BCUT2D eigenvalue weighted by molar-refractivity contribution is -0.119. The number of methoxy groups -OCH3 is 1. The zero-order chi connectivity index (χ0) is 20.1. The van der Waals surface area contributed by atoms with Crippen molar-refractivity contribution in [3.8, 4) is 11.4 Å². The number of carbonyl (C=O) groups is 1. The van der Waals surface area contributed by atoms with Gasteiger partial charge in [0.15, 0.2) is 0 Å². The first-order valence-corrected chi connectivity index (χ1v) is 10.0. The first kappa shape index (κ1) is 20.4. The van der Waals surface area contributed by atoms with E-state index in [0.717, 1.165) is 17.0 Å². The van der Waals surface area contributed by atoms with E-state index in [1.807, 2.05) is 37.3 Å². The number of ether oxygens (including phenoxy) is 1. The average Bonchev–Trinajstić information content (AvgIpc) is 3.17. The van der Waals surface area contributed by atoms with Gasteiger partial charge in [0, 0.05) is 0 Å². The smallest absolute Gasteiger partial charge is 0.230 e. The molecule has 2 aromatic carbocycles. The topological polar surface area (TPSA) is 81.9 Å². The van der Waals surface area contributed by atoms with Gasteiger partial charge in [-0.2, -0.15) is 4.68 Å². The van der Waals surface area contributed by atoms with Gasteiger partial charge in [-0.3, -0.25) is 4.79 Å². The molecule has 0 aliphatic heterocycles. The van der Waals surface area contributed by atoms with E-state index >= 15 is 0 Å². The second-order valence-electron chi connectivity index (χ2n) is 5.82. The number of thioether (sulfide) groups is 1. The van der Waals surface area contributed by atoms with Crippen LogP contribution in [0.2, 0.25) is 10.0 Å². The Labute approximate surface area is 176 Å². The van der Waals surface area contributed by atoms with Gasteiger partial charge in [0.25, 0.3) is 0 Å². The van der Waals surface area contributed by atoms with E-state index in [9.17, 15) is 4.79 Å². The van der Waals surface area contributed by atoms with Gasteiger partial charge < -0.3 is 10.1 Å². The molecule has 0 aliphatic carbocycles. The number of nitrogens with zero attached hydrogens (tertiary/aromatic N) is 4. The Bertz CT molecular complexity index is 965. The highest BCUT2D eigenvalue weighted by Gasteiger charge is 2.14. The molecule has 0 fully saturated rings. The largest absolute Gasteiger partial charge is 0.497 e. The van der Waals surface area contributed by atoms with Crippen LogP contribution in [0.4, 0.5) is 0 Å². The van der Waals surface area contributed by atoms with Crippen LogP contribution in [0.25, 0.3) is 5.69 Å². The Morgan fingerprint density at radius 2 is 1.96 bits per heavy atom. The molecule has 1 unspecified atom stereocenters. The summed E-state index contributed by atoms with van der Waals surface area (Å²) in [7, 11) is 1.60. The van der Waals surface area contributed by atoms with E-state index in [1.54, 1.807) is 23.9 Å². The summed E-state index contributed by atoms with van der Waals surface area (Å²) < 4.78 is 6.72. The Morgan fingerprint density at radius 1 is 1.21 bits per heavy atom. The summed E-state index contributed by atoms with van der Waals surface area (Å²) in [6, 6.07) is 12.4. The van der Waals surface area contributed by atoms with Crippen molar-refractivity contribution >= 4 is 40.9 Å². The van der Waals surface area contributed by atoms with Crippen LogP contribution >= 0.6 is 35.0 Å². The number of tetrazole rings is 1. The van der Waals surface area contributed by atoms with Gasteiger partial charge in [-0.1, -0.05) is 41.0 Å². The van der Waals surface area contributed by atoms with Crippen molar-refractivity contribution in [1.29, 1.82) is 0 Å². The van der Waals surface area contributed by atoms with Crippen molar-refractivity contribution in [3.05, 3.63) is 58.1 Å². The average molecular weight is 438 g/mol. The number of nitrogens with one attached hydrogen (secondary N) is 1. The van der Waals surface area contributed by atoms with Crippen LogP contribution in [-0.2, 0) is 4.79 Å². The van der Waals surface area contributed by atoms with Gasteiger partial charge in [-0.15, -0.1) is 5.10 Å². The Balaban J connectivity index is 1.60. The summed E-state index contributed by atoms with van der Waals surface area (Å²) in [5.41, 5.74) is 1.65. The molecule has 0 spiro atoms. The highest BCUT2D eigenvalue weighted by atomic mass is 35.5. The number of carbonyl (C=O) groups excluding carboxylic acids is 1. The maximum atomic E-state index is 12.3. The van der Waals surface area contributed by atoms with Crippen LogP contribution in [-0.4, -0.2) is 39.0 Å². The first-order valence-electron chi connectivity index (χ1n) is 8.28. The highest BCUT2D eigenvalue weighted by molar-refractivity contribution is 7.99. The van der Waals surface area contributed by atoms with Gasteiger partial charge in [0.1, 0.15) is 5.75 Å². The number of halogens is 2. The molecular formula is C18H17Cl2N5O2S. The molecular weight excluding hydrogens is 421 g/mol. The first-order chi connectivity index (χ1) is 13.5. The Hall–Kier alpha value is -2.29. The third kappa shape index (κ3) is 4.95. The molecule has 0 saturated carbocycles. The molecule has 1 N–H and O–H groups in total. The summed E-state index contributed by atoms with van der Waals surface area (Å²) in [5.74, 6) is 0.761. The van der Waals surface area contributed by atoms with E-state index in [4.69, 9.17) is 27.9 Å². The number of rotatable bonds is 7. The van der Waals surface area contributed by atoms with Crippen LogP contribution in [0.15, 0.2) is 47.6 Å². The summed E-state index contributed by atoms with van der Waals surface area (Å²) >= 11 is 13.2. The Morgan fingerprint density at radius 3 is 2.64 bits per heavy atom. The van der Waals surface area contributed by atoms with Crippen LogP contribution < -0.4 is 10.1 Å². The SMILES string of the molecule is COc1ccc(-n2nnnc2SCC(=O)NC(C)c2ccc(Cl)c(Cl)c2)cc1. The van der Waals surface area contributed by atoms with E-state index < -0.39 is 0 Å². The molecule has 3 rings (SSSR count). The minimum Gasteiger partial charge on any atom is -0.497 e. The normalized spacial score (nSPS) is 11.9. The third-order valence-electron chi connectivity index (χ3n) is 3.91. The van der Waals surface area contributed by atoms with Gasteiger partial charge in [0.2, 0.25) is 11.1 Å². The van der Waals surface area contributed by atoms with Crippen molar-refractivity contribution in [2.75, 3.05) is 12.9 Å². The second-order valence-corrected chi connectivity index (χ2v) is 7.58. The van der Waals surface area contributed by atoms with Crippen molar-refractivity contribution in [3.63, 3.8) is 0 Å². The molecule has 1 amide bonds. The monoisotopic (exact) mass is 437 g/mol. The standard InChI is InChI=1S/C18H17Cl2N5O2S/c1-11(12-3-8-15(19)16(20)9-12)21-17(26)10-28-18-22-23-24-25(18)13-4-6-14(27-2)7-5-13/h3-9,11H,10H2,1-2H3,(H,21,26). The zero-order valence-corrected chi connectivity index (χ0v) is 17.4. The van der Waals surface area contributed by atoms with Crippen molar-refractivity contribution < 1.29 is 9.53 Å². The molecule has 7 nitrogen and oxygen atoms in total.